The van der Waals surface area contributed by atoms with Gasteiger partial charge in [-0.2, -0.15) is 0 Å². The summed E-state index contributed by atoms with van der Waals surface area (Å²) in [7, 11) is 0. The average Bonchev–Trinajstić information content (AvgIpc) is 3.03. The van der Waals surface area contributed by atoms with Gasteiger partial charge in [0.05, 0.1) is 11.7 Å². The van der Waals surface area contributed by atoms with Crippen molar-refractivity contribution in [1.29, 1.82) is 0 Å². The molecule has 186 valence electrons. The zero-order valence-electron chi connectivity index (χ0n) is 20.7. The molecular weight excluding hydrogens is 447 g/mol. The summed E-state index contributed by atoms with van der Waals surface area (Å²) in [6.45, 7) is 6.98. The van der Waals surface area contributed by atoms with Gasteiger partial charge in [0.1, 0.15) is 0 Å². The van der Waals surface area contributed by atoms with Crippen LogP contribution in [0.15, 0.2) is 54.1 Å². The number of ether oxygens (including phenoxy) is 1. The Labute approximate surface area is 205 Å². The maximum atomic E-state index is 17.3. The van der Waals surface area contributed by atoms with Gasteiger partial charge in [-0.1, -0.05) is 43.7 Å². The highest BCUT2D eigenvalue weighted by Gasteiger charge is 2.76. The summed E-state index contributed by atoms with van der Waals surface area (Å²) in [6, 6.07) is 8.55. The molecule has 2 unspecified atom stereocenters. The van der Waals surface area contributed by atoms with Crippen LogP contribution in [0.25, 0.3) is 0 Å². The summed E-state index contributed by atoms with van der Waals surface area (Å²) in [5, 5.41) is 11.5. The minimum Gasteiger partial charge on any atom is -0.447 e. The molecule has 0 heterocycles. The Morgan fingerprint density at radius 3 is 2.49 bits per heavy atom. The molecule has 35 heavy (non-hydrogen) atoms. The van der Waals surface area contributed by atoms with E-state index in [0.717, 1.165) is 0 Å². The van der Waals surface area contributed by atoms with Gasteiger partial charge in [0.25, 0.3) is 0 Å². The normalized spacial score (nSPS) is 44.1. The topological polar surface area (TPSA) is 80.7 Å². The summed E-state index contributed by atoms with van der Waals surface area (Å²) < 4.78 is 23.5. The molecule has 0 aliphatic heterocycles. The number of hydrogen-bond donors (Lipinski definition) is 1. The number of alkyl halides is 1. The van der Waals surface area contributed by atoms with E-state index in [1.165, 1.54) is 19.1 Å². The maximum Gasteiger partial charge on any atom is 0.339 e. The van der Waals surface area contributed by atoms with Crippen molar-refractivity contribution < 1.29 is 28.6 Å². The SMILES string of the molecule is CC(=O)[C@@]1(OC(=O)c2ccccc2)C(C)C[C@H]2[C@@H]3CCC4=CC(=O)C=C[C@]4(C)[C@@]3(F)C(O)C[C@@]21C. The Hall–Kier alpha value is -2.60. The van der Waals surface area contributed by atoms with Crippen LogP contribution < -0.4 is 0 Å². The third-order valence-corrected chi connectivity index (χ3v) is 9.97. The summed E-state index contributed by atoms with van der Waals surface area (Å²) in [4.78, 5) is 38.6. The number of carbonyl (C=O) groups is 3. The number of carbonyl (C=O) groups excluding carboxylic acids is 3. The van der Waals surface area contributed by atoms with E-state index < -0.39 is 40.1 Å². The van der Waals surface area contributed by atoms with Gasteiger partial charge in [-0.3, -0.25) is 9.59 Å². The molecule has 3 fully saturated rings. The fourth-order valence-corrected chi connectivity index (χ4v) is 8.35. The largest absolute Gasteiger partial charge is 0.447 e. The lowest BCUT2D eigenvalue weighted by Crippen LogP contribution is -2.69. The van der Waals surface area contributed by atoms with Crippen LogP contribution in [0.4, 0.5) is 4.39 Å². The monoisotopic (exact) mass is 480 g/mol. The van der Waals surface area contributed by atoms with Crippen molar-refractivity contribution in [3.63, 3.8) is 0 Å². The van der Waals surface area contributed by atoms with Gasteiger partial charge in [0, 0.05) is 22.7 Å². The summed E-state index contributed by atoms with van der Waals surface area (Å²) >= 11 is 0. The third kappa shape index (κ3) is 2.92. The number of aliphatic hydroxyl groups excluding tert-OH is 1. The number of fused-ring (bicyclic) bond motifs is 5. The van der Waals surface area contributed by atoms with Gasteiger partial charge >= 0.3 is 5.97 Å². The molecule has 4 aliphatic carbocycles. The van der Waals surface area contributed by atoms with Crippen molar-refractivity contribution in [3.8, 4) is 0 Å². The van der Waals surface area contributed by atoms with E-state index in [4.69, 9.17) is 4.74 Å². The Kier molecular flexibility index (Phi) is 5.30. The number of esters is 1. The number of Topliss-reactive ketones (excluding diaryl/α,β-unsaturated/α-hetero) is 1. The Bertz CT molecular complexity index is 1160. The number of hydrogen-bond acceptors (Lipinski definition) is 5. The van der Waals surface area contributed by atoms with Crippen LogP contribution in [0.2, 0.25) is 0 Å². The quantitative estimate of drug-likeness (QED) is 0.630. The van der Waals surface area contributed by atoms with Crippen molar-refractivity contribution >= 4 is 17.5 Å². The predicted octanol–water partition coefficient (Wildman–Crippen LogP) is 4.79. The third-order valence-electron chi connectivity index (χ3n) is 9.97. The van der Waals surface area contributed by atoms with Crippen molar-refractivity contribution in [2.75, 3.05) is 0 Å². The van der Waals surface area contributed by atoms with Gasteiger partial charge in [0.15, 0.2) is 22.8 Å². The molecule has 1 aromatic carbocycles. The highest BCUT2D eigenvalue weighted by Crippen LogP contribution is 2.71. The van der Waals surface area contributed by atoms with Crippen LogP contribution in [-0.2, 0) is 14.3 Å². The lowest BCUT2D eigenvalue weighted by molar-refractivity contribution is -0.218. The molecule has 0 bridgehead atoms. The first-order valence-corrected chi connectivity index (χ1v) is 12.5. The van der Waals surface area contributed by atoms with E-state index in [-0.39, 0.29) is 29.8 Å². The van der Waals surface area contributed by atoms with Crippen molar-refractivity contribution in [3.05, 3.63) is 59.7 Å². The van der Waals surface area contributed by atoms with Crippen molar-refractivity contribution in [2.45, 2.75) is 70.8 Å². The fourth-order valence-electron chi connectivity index (χ4n) is 8.35. The summed E-state index contributed by atoms with van der Waals surface area (Å²) in [6.07, 6.45) is 4.65. The lowest BCUT2D eigenvalue weighted by atomic mass is 9.44. The number of allylic oxidation sites excluding steroid dienone is 4. The molecule has 8 atom stereocenters. The van der Waals surface area contributed by atoms with E-state index in [1.807, 2.05) is 13.8 Å². The standard InChI is InChI=1S/C29H33FO5/c1-17-14-23-22-11-10-20-15-21(32)12-13-26(20,3)28(22,30)24(33)16-27(23,4)29(17,18(2)31)35-25(34)19-8-6-5-7-9-19/h5-9,12-13,15,17,22-24,33H,10-11,14,16H2,1-4H3/t17?,22-,23-,24?,26-,27-,28-,29-/m0/s1. The molecule has 0 spiro atoms. The number of rotatable bonds is 3. The van der Waals surface area contributed by atoms with Gasteiger partial charge in [-0.05, 0) is 69.7 Å². The van der Waals surface area contributed by atoms with Crippen LogP contribution in [0, 0.1) is 28.6 Å². The van der Waals surface area contributed by atoms with Crippen LogP contribution in [0.1, 0.15) is 63.7 Å². The molecule has 4 aliphatic rings. The van der Waals surface area contributed by atoms with Gasteiger partial charge < -0.3 is 9.84 Å². The first kappa shape index (κ1) is 24.1. The molecule has 0 saturated heterocycles. The molecule has 5 rings (SSSR count). The number of halogens is 1. The Balaban J connectivity index is 1.59. The zero-order chi connectivity index (χ0) is 25.4. The minimum absolute atomic E-state index is 0.0126. The zero-order valence-corrected chi connectivity index (χ0v) is 20.7. The predicted molar refractivity (Wildman–Crippen MR) is 128 cm³/mol. The van der Waals surface area contributed by atoms with Crippen LogP contribution in [-0.4, -0.2) is 40.0 Å². The van der Waals surface area contributed by atoms with Crippen molar-refractivity contribution in [2.24, 2.45) is 28.6 Å². The van der Waals surface area contributed by atoms with Crippen LogP contribution in [0.5, 0.6) is 0 Å². The number of benzene rings is 1. The first-order valence-electron chi connectivity index (χ1n) is 12.5. The van der Waals surface area contributed by atoms with Crippen LogP contribution in [0.3, 0.4) is 0 Å². The second kappa shape index (κ2) is 7.70. The molecule has 5 nitrogen and oxygen atoms in total. The van der Waals surface area contributed by atoms with E-state index in [0.29, 0.717) is 30.4 Å². The summed E-state index contributed by atoms with van der Waals surface area (Å²) in [5.41, 5.74) is -4.44. The number of aliphatic hydroxyl groups is 1. The van der Waals surface area contributed by atoms with Gasteiger partial charge in [0.2, 0.25) is 0 Å². The summed E-state index contributed by atoms with van der Waals surface area (Å²) in [5.74, 6) is -2.18. The second-order valence-electron chi connectivity index (χ2n) is 11.4. The van der Waals surface area contributed by atoms with E-state index in [2.05, 4.69) is 0 Å². The molecule has 0 radical (unpaired) electrons. The smallest absolute Gasteiger partial charge is 0.339 e. The maximum absolute atomic E-state index is 17.3. The van der Waals surface area contributed by atoms with Crippen molar-refractivity contribution in [1.82, 2.24) is 0 Å². The van der Waals surface area contributed by atoms with Gasteiger partial charge in [-0.25, -0.2) is 9.18 Å². The minimum atomic E-state index is -1.99. The average molecular weight is 481 g/mol. The van der Waals surface area contributed by atoms with Gasteiger partial charge in [-0.15, -0.1) is 0 Å². The molecular formula is C29H33FO5. The first-order chi connectivity index (χ1) is 16.4. The Morgan fingerprint density at radius 2 is 1.83 bits per heavy atom. The van der Waals surface area contributed by atoms with E-state index >= 15 is 4.39 Å². The molecule has 1 N–H and O–H groups in total. The molecule has 0 amide bonds. The molecule has 6 heteroatoms. The lowest BCUT2D eigenvalue weighted by Gasteiger charge is -2.62. The van der Waals surface area contributed by atoms with Crippen LogP contribution >= 0.6 is 0 Å². The highest BCUT2D eigenvalue weighted by molar-refractivity contribution is 6.01. The molecule has 0 aromatic heterocycles. The molecule has 3 saturated carbocycles. The molecule has 1 aromatic rings. The van der Waals surface area contributed by atoms with E-state index in [1.54, 1.807) is 43.3 Å². The fraction of sp³-hybridized carbons (Fsp3) is 0.552. The number of ketones is 2. The highest BCUT2D eigenvalue weighted by atomic mass is 19.1. The second-order valence-corrected chi connectivity index (χ2v) is 11.4. The van der Waals surface area contributed by atoms with E-state index in [9.17, 15) is 19.5 Å². The Morgan fingerprint density at radius 1 is 1.14 bits per heavy atom.